The maximum atomic E-state index is 13.5. The summed E-state index contributed by atoms with van der Waals surface area (Å²) in [7, 11) is 0. The first kappa shape index (κ1) is 14.3. The molecule has 1 aliphatic carbocycles. The van der Waals surface area contributed by atoms with Gasteiger partial charge >= 0.3 is 0 Å². The van der Waals surface area contributed by atoms with Crippen LogP contribution >= 0.6 is 11.6 Å². The highest BCUT2D eigenvalue weighted by Crippen LogP contribution is 2.28. The van der Waals surface area contributed by atoms with E-state index in [9.17, 15) is 9.18 Å². The van der Waals surface area contributed by atoms with E-state index in [4.69, 9.17) is 11.6 Å². The molecule has 0 heterocycles. The van der Waals surface area contributed by atoms with Crippen LogP contribution in [0.25, 0.3) is 0 Å². The summed E-state index contributed by atoms with van der Waals surface area (Å²) in [4.78, 5) is 11.8. The maximum Gasteiger partial charge on any atom is 0.254 e. The second kappa shape index (κ2) is 6.90. The number of nitrogens with one attached hydrogen (secondary N) is 1. The van der Waals surface area contributed by atoms with Crippen LogP contribution in [0.3, 0.4) is 0 Å². The van der Waals surface area contributed by atoms with E-state index in [1.54, 1.807) is 0 Å². The van der Waals surface area contributed by atoms with Crippen LogP contribution in [0.4, 0.5) is 4.39 Å². The van der Waals surface area contributed by atoms with Gasteiger partial charge in [0.2, 0.25) is 0 Å². The maximum absolute atomic E-state index is 13.5. The van der Waals surface area contributed by atoms with E-state index >= 15 is 0 Å². The first-order valence-corrected chi connectivity index (χ1v) is 7.28. The Hall–Kier alpha value is -1.09. The average molecular weight is 284 g/mol. The van der Waals surface area contributed by atoms with Gasteiger partial charge in [0.05, 0.1) is 5.56 Å². The van der Waals surface area contributed by atoms with Crippen molar-refractivity contribution in [1.29, 1.82) is 0 Å². The molecule has 0 spiro atoms. The highest BCUT2D eigenvalue weighted by Gasteiger charge is 2.15. The fraction of sp³-hybridized carbons (Fsp3) is 0.533. The molecule has 0 bridgehead atoms. The molecule has 1 aliphatic rings. The smallest absolute Gasteiger partial charge is 0.254 e. The van der Waals surface area contributed by atoms with Crippen LogP contribution in [0.5, 0.6) is 0 Å². The molecular formula is C15H19ClFNO. The van der Waals surface area contributed by atoms with E-state index in [-0.39, 0.29) is 11.5 Å². The molecule has 0 unspecified atom stereocenters. The average Bonchev–Trinajstić information content (AvgIpc) is 2.90. The third-order valence-electron chi connectivity index (χ3n) is 3.72. The van der Waals surface area contributed by atoms with Gasteiger partial charge < -0.3 is 5.32 Å². The number of hydrogen-bond donors (Lipinski definition) is 1. The van der Waals surface area contributed by atoms with E-state index in [1.165, 1.54) is 43.9 Å². The minimum absolute atomic E-state index is 0.0216. The van der Waals surface area contributed by atoms with Gasteiger partial charge in [0, 0.05) is 11.6 Å². The molecule has 0 radical (unpaired) electrons. The van der Waals surface area contributed by atoms with E-state index in [1.807, 2.05) is 0 Å². The molecule has 1 fully saturated rings. The van der Waals surface area contributed by atoms with Crippen LogP contribution in [0.1, 0.15) is 48.9 Å². The first-order valence-electron chi connectivity index (χ1n) is 6.90. The van der Waals surface area contributed by atoms with Crippen LogP contribution in [-0.2, 0) is 0 Å². The number of carbonyl (C=O) groups is 1. The fourth-order valence-electron chi connectivity index (χ4n) is 2.66. The molecule has 2 rings (SSSR count). The summed E-state index contributed by atoms with van der Waals surface area (Å²) in [5.74, 6) is -0.0936. The highest BCUT2D eigenvalue weighted by molar-refractivity contribution is 6.30. The summed E-state index contributed by atoms with van der Waals surface area (Å²) in [6.45, 7) is 0.598. The zero-order valence-corrected chi connectivity index (χ0v) is 11.7. The van der Waals surface area contributed by atoms with Gasteiger partial charge in [0.1, 0.15) is 5.82 Å². The highest BCUT2D eigenvalue weighted by atomic mass is 35.5. The van der Waals surface area contributed by atoms with Crippen molar-refractivity contribution in [2.24, 2.45) is 5.92 Å². The Labute approximate surface area is 118 Å². The third kappa shape index (κ3) is 4.20. The molecule has 2 nitrogen and oxygen atoms in total. The quantitative estimate of drug-likeness (QED) is 0.807. The minimum atomic E-state index is -0.530. The molecule has 104 valence electrons. The third-order valence-corrected chi connectivity index (χ3v) is 3.96. The first-order chi connectivity index (χ1) is 9.16. The van der Waals surface area contributed by atoms with Gasteiger partial charge in [0.25, 0.3) is 5.91 Å². The standard InChI is InChI=1S/C15H19ClFNO/c16-12-7-8-14(17)13(10-12)15(19)18-9-3-6-11-4-1-2-5-11/h7-8,10-11H,1-6,9H2,(H,18,19). The lowest BCUT2D eigenvalue weighted by Gasteiger charge is -2.09. The summed E-state index contributed by atoms with van der Waals surface area (Å²) in [6.07, 6.45) is 7.42. The van der Waals surface area contributed by atoms with Gasteiger partial charge in [0.15, 0.2) is 0 Å². The molecule has 0 aliphatic heterocycles. The Morgan fingerprint density at radius 2 is 2.11 bits per heavy atom. The van der Waals surface area contributed by atoms with E-state index in [0.717, 1.165) is 18.8 Å². The van der Waals surface area contributed by atoms with Gasteiger partial charge in [-0.25, -0.2) is 4.39 Å². The lowest BCUT2D eigenvalue weighted by Crippen LogP contribution is -2.25. The van der Waals surface area contributed by atoms with Crippen LogP contribution in [0.2, 0.25) is 5.02 Å². The van der Waals surface area contributed by atoms with Gasteiger partial charge in [-0.1, -0.05) is 37.3 Å². The molecule has 1 saturated carbocycles. The molecule has 0 aromatic heterocycles. The molecule has 0 atom stereocenters. The van der Waals surface area contributed by atoms with Gasteiger partial charge in [-0.2, -0.15) is 0 Å². The van der Waals surface area contributed by atoms with Crippen molar-refractivity contribution in [3.05, 3.63) is 34.6 Å². The van der Waals surface area contributed by atoms with Crippen molar-refractivity contribution in [2.45, 2.75) is 38.5 Å². The minimum Gasteiger partial charge on any atom is -0.352 e. The summed E-state index contributed by atoms with van der Waals surface area (Å²) in [5.41, 5.74) is 0.0216. The summed E-state index contributed by atoms with van der Waals surface area (Å²) >= 11 is 5.76. The molecule has 0 saturated heterocycles. The molecule has 19 heavy (non-hydrogen) atoms. The lowest BCUT2D eigenvalue weighted by molar-refractivity contribution is 0.0948. The Balaban J connectivity index is 1.75. The summed E-state index contributed by atoms with van der Waals surface area (Å²) in [5, 5.41) is 3.13. The van der Waals surface area contributed by atoms with Gasteiger partial charge in [-0.3, -0.25) is 4.79 Å². The Morgan fingerprint density at radius 1 is 1.37 bits per heavy atom. The second-order valence-electron chi connectivity index (χ2n) is 5.17. The van der Waals surface area contributed by atoms with Crippen molar-refractivity contribution in [1.82, 2.24) is 5.32 Å². The van der Waals surface area contributed by atoms with Gasteiger partial charge in [-0.05, 0) is 37.0 Å². The van der Waals surface area contributed by atoms with Crippen LogP contribution in [0, 0.1) is 11.7 Å². The van der Waals surface area contributed by atoms with Crippen LogP contribution in [-0.4, -0.2) is 12.5 Å². The second-order valence-corrected chi connectivity index (χ2v) is 5.61. The molecule has 1 amide bonds. The number of benzene rings is 1. The summed E-state index contributed by atoms with van der Waals surface area (Å²) in [6, 6.07) is 4.02. The van der Waals surface area contributed by atoms with Crippen molar-refractivity contribution in [3.8, 4) is 0 Å². The fourth-order valence-corrected chi connectivity index (χ4v) is 2.83. The topological polar surface area (TPSA) is 29.1 Å². The molecule has 1 N–H and O–H groups in total. The summed E-state index contributed by atoms with van der Waals surface area (Å²) < 4.78 is 13.5. The largest absolute Gasteiger partial charge is 0.352 e. The number of halogens is 2. The normalized spacial score (nSPS) is 15.7. The van der Waals surface area contributed by atoms with Crippen molar-refractivity contribution >= 4 is 17.5 Å². The van der Waals surface area contributed by atoms with Crippen molar-refractivity contribution in [3.63, 3.8) is 0 Å². The number of hydrogen-bond acceptors (Lipinski definition) is 1. The Bertz CT molecular complexity index is 444. The predicted octanol–water partition coefficient (Wildman–Crippen LogP) is 4.18. The molecule has 1 aromatic rings. The van der Waals surface area contributed by atoms with Gasteiger partial charge in [-0.15, -0.1) is 0 Å². The number of carbonyl (C=O) groups excluding carboxylic acids is 1. The van der Waals surface area contributed by atoms with E-state index in [2.05, 4.69) is 5.32 Å². The molecular weight excluding hydrogens is 265 g/mol. The zero-order valence-electron chi connectivity index (χ0n) is 10.9. The van der Waals surface area contributed by atoms with E-state index in [0.29, 0.717) is 11.6 Å². The van der Waals surface area contributed by atoms with Crippen molar-refractivity contribution in [2.75, 3.05) is 6.54 Å². The lowest BCUT2D eigenvalue weighted by atomic mass is 10.0. The predicted molar refractivity (Wildman–Crippen MR) is 74.9 cm³/mol. The molecule has 4 heteroatoms. The SMILES string of the molecule is O=C(NCCCC1CCCC1)c1cc(Cl)ccc1F. The monoisotopic (exact) mass is 283 g/mol. The van der Waals surface area contributed by atoms with Crippen molar-refractivity contribution < 1.29 is 9.18 Å². The number of rotatable bonds is 5. The van der Waals surface area contributed by atoms with Crippen LogP contribution < -0.4 is 5.32 Å². The Kier molecular flexibility index (Phi) is 5.20. The molecule has 1 aromatic carbocycles. The Morgan fingerprint density at radius 3 is 2.84 bits per heavy atom. The zero-order chi connectivity index (χ0) is 13.7. The number of amides is 1. The van der Waals surface area contributed by atoms with E-state index < -0.39 is 5.82 Å². The van der Waals surface area contributed by atoms with Crippen LogP contribution in [0.15, 0.2) is 18.2 Å².